The molecule has 0 atom stereocenters. The molecule has 21 heavy (non-hydrogen) atoms. The summed E-state index contributed by atoms with van der Waals surface area (Å²) in [5, 5.41) is 13.3. The minimum Gasteiger partial charge on any atom is -0.310 e. The van der Waals surface area contributed by atoms with E-state index < -0.39 is 10.7 Å². The van der Waals surface area contributed by atoms with Crippen LogP contribution >= 0.6 is 11.3 Å². The SMILES string of the molecule is O=c1c2ccsc2ccn1Cc1cc(F)ccc1[N+](=O)[O-]. The molecule has 0 radical (unpaired) electrons. The van der Waals surface area contributed by atoms with E-state index in [1.54, 1.807) is 23.7 Å². The van der Waals surface area contributed by atoms with Crippen LogP contribution in [0.2, 0.25) is 0 Å². The van der Waals surface area contributed by atoms with Crippen LogP contribution in [0.5, 0.6) is 0 Å². The van der Waals surface area contributed by atoms with E-state index in [0.717, 1.165) is 22.9 Å². The molecule has 2 heterocycles. The quantitative estimate of drug-likeness (QED) is 0.551. The van der Waals surface area contributed by atoms with Crippen molar-refractivity contribution in [3.05, 3.63) is 73.8 Å². The summed E-state index contributed by atoms with van der Waals surface area (Å²) in [6.07, 6.45) is 1.57. The van der Waals surface area contributed by atoms with Crippen molar-refractivity contribution in [2.45, 2.75) is 6.54 Å². The summed E-state index contributed by atoms with van der Waals surface area (Å²) in [4.78, 5) is 22.7. The normalized spacial score (nSPS) is 10.9. The first-order valence-electron chi connectivity index (χ1n) is 6.06. The van der Waals surface area contributed by atoms with Crippen molar-refractivity contribution in [3.8, 4) is 0 Å². The molecule has 0 unspecified atom stereocenters. The molecule has 1 aromatic carbocycles. The molecule has 0 aliphatic carbocycles. The highest BCUT2D eigenvalue weighted by atomic mass is 32.1. The largest absolute Gasteiger partial charge is 0.310 e. The molecule has 0 spiro atoms. The van der Waals surface area contributed by atoms with Gasteiger partial charge >= 0.3 is 0 Å². The summed E-state index contributed by atoms with van der Waals surface area (Å²) >= 11 is 1.45. The van der Waals surface area contributed by atoms with E-state index in [2.05, 4.69) is 0 Å². The monoisotopic (exact) mass is 304 g/mol. The molecule has 0 aliphatic heterocycles. The first-order valence-corrected chi connectivity index (χ1v) is 6.93. The molecule has 3 aromatic rings. The summed E-state index contributed by atoms with van der Waals surface area (Å²) in [7, 11) is 0. The number of hydrogen-bond acceptors (Lipinski definition) is 4. The van der Waals surface area contributed by atoms with Crippen LogP contribution in [-0.2, 0) is 6.54 Å². The number of aromatic nitrogens is 1. The fourth-order valence-corrected chi connectivity index (χ4v) is 2.95. The lowest BCUT2D eigenvalue weighted by Gasteiger charge is -2.07. The number of halogens is 1. The maximum atomic E-state index is 13.3. The highest BCUT2D eigenvalue weighted by Crippen LogP contribution is 2.21. The summed E-state index contributed by atoms with van der Waals surface area (Å²) in [6.45, 7) is -0.0430. The fraction of sp³-hybridized carbons (Fsp3) is 0.0714. The predicted molar refractivity (Wildman–Crippen MR) is 78.2 cm³/mol. The topological polar surface area (TPSA) is 65.1 Å². The average molecular weight is 304 g/mol. The van der Waals surface area contributed by atoms with Gasteiger partial charge < -0.3 is 4.57 Å². The maximum Gasteiger partial charge on any atom is 0.274 e. The number of hydrogen-bond donors (Lipinski definition) is 0. The van der Waals surface area contributed by atoms with Gasteiger partial charge in [0, 0.05) is 17.0 Å². The second-order valence-electron chi connectivity index (χ2n) is 4.48. The number of thiophene rings is 1. The van der Waals surface area contributed by atoms with Crippen LogP contribution in [0.15, 0.2) is 46.7 Å². The van der Waals surface area contributed by atoms with E-state index in [4.69, 9.17) is 0 Å². The molecule has 0 bridgehead atoms. The molecule has 0 fully saturated rings. The van der Waals surface area contributed by atoms with Gasteiger partial charge in [0.2, 0.25) is 0 Å². The molecule has 2 aromatic heterocycles. The van der Waals surface area contributed by atoms with Crippen LogP contribution in [0.3, 0.4) is 0 Å². The van der Waals surface area contributed by atoms with Gasteiger partial charge in [-0.3, -0.25) is 14.9 Å². The standard InChI is InChI=1S/C14H9FN2O3S/c15-10-1-2-12(17(19)20)9(7-10)8-16-5-3-13-11(14(16)18)4-6-21-13/h1-7H,8H2. The molecule has 5 nitrogen and oxygen atoms in total. The molecular weight excluding hydrogens is 295 g/mol. The van der Waals surface area contributed by atoms with Gasteiger partial charge in [-0.25, -0.2) is 4.39 Å². The van der Waals surface area contributed by atoms with Crippen LogP contribution < -0.4 is 5.56 Å². The van der Waals surface area contributed by atoms with Crippen LogP contribution in [0.1, 0.15) is 5.56 Å². The van der Waals surface area contributed by atoms with Gasteiger partial charge in [-0.1, -0.05) is 0 Å². The predicted octanol–water partition coefficient (Wildman–Crippen LogP) is 3.16. The summed E-state index contributed by atoms with van der Waals surface area (Å²) in [5.41, 5.74) is -0.280. The number of fused-ring (bicyclic) bond motifs is 1. The van der Waals surface area contributed by atoms with Crippen LogP contribution in [0, 0.1) is 15.9 Å². The van der Waals surface area contributed by atoms with Gasteiger partial charge in [0.05, 0.1) is 22.4 Å². The van der Waals surface area contributed by atoms with E-state index in [1.807, 2.05) is 0 Å². The van der Waals surface area contributed by atoms with Crippen molar-refractivity contribution < 1.29 is 9.31 Å². The molecule has 3 rings (SSSR count). The first kappa shape index (κ1) is 13.4. The van der Waals surface area contributed by atoms with Crippen molar-refractivity contribution in [2.75, 3.05) is 0 Å². The van der Waals surface area contributed by atoms with Crippen molar-refractivity contribution in [3.63, 3.8) is 0 Å². The highest BCUT2D eigenvalue weighted by molar-refractivity contribution is 7.17. The van der Waals surface area contributed by atoms with E-state index >= 15 is 0 Å². The van der Waals surface area contributed by atoms with Crippen LogP contribution in [0.4, 0.5) is 10.1 Å². The third kappa shape index (κ3) is 2.43. The number of benzene rings is 1. The van der Waals surface area contributed by atoms with Crippen molar-refractivity contribution >= 4 is 27.1 Å². The molecule has 0 saturated heterocycles. The number of nitrogens with zero attached hydrogens (tertiary/aromatic N) is 2. The first-order chi connectivity index (χ1) is 10.1. The Balaban J connectivity index is 2.10. The van der Waals surface area contributed by atoms with E-state index in [1.165, 1.54) is 15.9 Å². The number of nitro benzene ring substituents is 1. The molecule has 0 amide bonds. The van der Waals surface area contributed by atoms with Gasteiger partial charge in [0.15, 0.2) is 0 Å². The van der Waals surface area contributed by atoms with Crippen molar-refractivity contribution in [1.82, 2.24) is 4.57 Å². The fourth-order valence-electron chi connectivity index (χ4n) is 2.17. The summed E-state index contributed by atoms with van der Waals surface area (Å²) in [6, 6.07) is 6.71. The van der Waals surface area contributed by atoms with E-state index in [0.29, 0.717) is 5.39 Å². The van der Waals surface area contributed by atoms with Crippen LogP contribution in [-0.4, -0.2) is 9.49 Å². The minimum absolute atomic E-state index is 0.0430. The number of nitro groups is 1. The lowest BCUT2D eigenvalue weighted by molar-refractivity contribution is -0.385. The molecule has 106 valence electrons. The molecule has 0 saturated carbocycles. The van der Waals surface area contributed by atoms with Gasteiger partial charge in [-0.15, -0.1) is 11.3 Å². The molecule has 0 N–H and O–H groups in total. The Labute approximate surface area is 122 Å². The number of rotatable bonds is 3. The van der Waals surface area contributed by atoms with Gasteiger partial charge in [0.25, 0.3) is 11.2 Å². The second kappa shape index (κ2) is 5.10. The Morgan fingerprint density at radius 3 is 2.86 bits per heavy atom. The van der Waals surface area contributed by atoms with E-state index in [-0.39, 0.29) is 23.4 Å². The lowest BCUT2D eigenvalue weighted by Crippen LogP contribution is -2.20. The Bertz CT molecular complexity index is 901. The Morgan fingerprint density at radius 1 is 1.29 bits per heavy atom. The zero-order chi connectivity index (χ0) is 15.0. The van der Waals surface area contributed by atoms with Crippen molar-refractivity contribution in [1.29, 1.82) is 0 Å². The van der Waals surface area contributed by atoms with Crippen LogP contribution in [0.25, 0.3) is 10.1 Å². The van der Waals surface area contributed by atoms with Gasteiger partial charge in [0.1, 0.15) is 5.82 Å². The average Bonchev–Trinajstić information content (AvgIpc) is 2.91. The number of pyridine rings is 1. The third-order valence-electron chi connectivity index (χ3n) is 3.17. The summed E-state index contributed by atoms with van der Waals surface area (Å²) in [5.74, 6) is -0.569. The smallest absolute Gasteiger partial charge is 0.274 e. The minimum atomic E-state index is -0.580. The van der Waals surface area contributed by atoms with Crippen molar-refractivity contribution in [2.24, 2.45) is 0 Å². The zero-order valence-electron chi connectivity index (χ0n) is 10.7. The zero-order valence-corrected chi connectivity index (χ0v) is 11.5. The molecule has 7 heteroatoms. The van der Waals surface area contributed by atoms with E-state index in [9.17, 15) is 19.3 Å². The molecule has 0 aliphatic rings. The lowest BCUT2D eigenvalue weighted by atomic mass is 10.1. The third-order valence-corrected chi connectivity index (χ3v) is 4.05. The Hall–Kier alpha value is -2.54. The van der Waals surface area contributed by atoms with Gasteiger partial charge in [-0.05, 0) is 29.6 Å². The molecular formula is C14H9FN2O3S. The highest BCUT2D eigenvalue weighted by Gasteiger charge is 2.15. The maximum absolute atomic E-state index is 13.3. The van der Waals surface area contributed by atoms with Gasteiger partial charge in [-0.2, -0.15) is 0 Å². The second-order valence-corrected chi connectivity index (χ2v) is 5.43. The Kier molecular flexibility index (Phi) is 3.26. The summed E-state index contributed by atoms with van der Waals surface area (Å²) < 4.78 is 15.5. The Morgan fingerprint density at radius 2 is 2.10 bits per heavy atom.